The van der Waals surface area contributed by atoms with Gasteiger partial charge in [0.1, 0.15) is 17.9 Å². The van der Waals surface area contributed by atoms with E-state index in [9.17, 15) is 4.39 Å². The first-order valence-electron chi connectivity index (χ1n) is 8.20. The van der Waals surface area contributed by atoms with Crippen LogP contribution < -0.4 is 9.12 Å². The van der Waals surface area contributed by atoms with E-state index in [0.29, 0.717) is 34.4 Å². The molecule has 3 aromatic rings. The number of anilines is 1. The molecule has 0 fully saturated rings. The number of amidine groups is 1. The molecule has 0 aliphatic carbocycles. The Morgan fingerprint density at radius 2 is 1.89 bits per heavy atom. The Labute approximate surface area is 158 Å². The molecule has 0 saturated heterocycles. The predicted octanol–water partition coefficient (Wildman–Crippen LogP) is 4.47. The minimum absolute atomic E-state index is 0.149. The molecular weight excluding hydrogens is 369 g/mol. The maximum atomic E-state index is 14.5. The molecule has 4 bridgehead atoms. The first-order chi connectivity index (χ1) is 13.2. The largest absolute Gasteiger partial charge is 0.274 e. The number of hydrogen-bond acceptors (Lipinski definition) is 6. The van der Waals surface area contributed by atoms with Crippen molar-refractivity contribution < 1.29 is 4.39 Å². The molecule has 5 heterocycles. The smallest absolute Gasteiger partial charge is 0.206 e. The van der Waals surface area contributed by atoms with Crippen molar-refractivity contribution >= 4 is 35.1 Å². The fourth-order valence-electron chi connectivity index (χ4n) is 3.26. The second-order valence-electron chi connectivity index (χ2n) is 6.12. The SMILES string of the molecule is Fc1ccccc1C[N+]1(c2ccccn2)N=C2N=NN(Cl)c3ccc2c1n3. The van der Waals surface area contributed by atoms with E-state index in [1.54, 1.807) is 30.5 Å². The lowest BCUT2D eigenvalue weighted by Gasteiger charge is -2.26. The molecule has 7 nitrogen and oxygen atoms in total. The Morgan fingerprint density at radius 3 is 2.70 bits per heavy atom. The number of halogens is 2. The average molecular weight is 381 g/mol. The highest BCUT2D eigenvalue weighted by Gasteiger charge is 2.48. The highest BCUT2D eigenvalue weighted by atomic mass is 35.5. The summed E-state index contributed by atoms with van der Waals surface area (Å²) >= 11 is 6.10. The van der Waals surface area contributed by atoms with Crippen LogP contribution in [0.25, 0.3) is 0 Å². The van der Waals surface area contributed by atoms with Crippen molar-refractivity contribution in [3.05, 3.63) is 77.7 Å². The summed E-state index contributed by atoms with van der Waals surface area (Å²) in [6, 6.07) is 15.7. The molecule has 0 amide bonds. The van der Waals surface area contributed by atoms with E-state index in [2.05, 4.69) is 20.3 Å². The summed E-state index contributed by atoms with van der Waals surface area (Å²) in [5.41, 5.74) is 1.21. The Morgan fingerprint density at radius 1 is 1.04 bits per heavy atom. The van der Waals surface area contributed by atoms with E-state index >= 15 is 0 Å². The molecule has 0 N–H and O–H groups in total. The van der Waals surface area contributed by atoms with Crippen LogP contribution in [0.4, 0.5) is 21.8 Å². The van der Waals surface area contributed by atoms with Crippen LogP contribution in [0.3, 0.4) is 0 Å². The van der Waals surface area contributed by atoms with E-state index in [0.717, 1.165) is 4.53 Å². The topological polar surface area (TPSA) is 66.1 Å². The van der Waals surface area contributed by atoms with Gasteiger partial charge in [-0.15, -0.1) is 9.64 Å². The first-order valence-corrected chi connectivity index (χ1v) is 8.54. The van der Waals surface area contributed by atoms with Crippen LogP contribution in [0.2, 0.25) is 0 Å². The summed E-state index contributed by atoms with van der Waals surface area (Å²) in [6.45, 7) is 0.189. The summed E-state index contributed by atoms with van der Waals surface area (Å²) in [5, 5.41) is 12.8. The van der Waals surface area contributed by atoms with Gasteiger partial charge in [0.25, 0.3) is 11.6 Å². The van der Waals surface area contributed by atoms with E-state index < -0.39 is 0 Å². The number of quaternary nitrogens is 1. The Bertz CT molecular complexity index is 1100. The summed E-state index contributed by atoms with van der Waals surface area (Å²) < 4.78 is 15.4. The van der Waals surface area contributed by atoms with Crippen LogP contribution in [0.1, 0.15) is 11.1 Å². The fourth-order valence-corrected chi connectivity index (χ4v) is 3.39. The van der Waals surface area contributed by atoms with Crippen molar-refractivity contribution in [3.63, 3.8) is 0 Å². The van der Waals surface area contributed by atoms with E-state index in [-0.39, 0.29) is 17.0 Å². The van der Waals surface area contributed by atoms with Crippen LogP contribution in [0.15, 0.2) is 76.2 Å². The molecule has 3 aliphatic heterocycles. The molecule has 1 atom stereocenters. The van der Waals surface area contributed by atoms with Crippen molar-refractivity contribution in [3.8, 4) is 0 Å². The second kappa shape index (κ2) is 5.90. The molecule has 3 aliphatic rings. The summed E-state index contributed by atoms with van der Waals surface area (Å²) in [5.74, 6) is 1.63. The predicted molar refractivity (Wildman–Crippen MR) is 99.8 cm³/mol. The lowest BCUT2D eigenvalue weighted by Crippen LogP contribution is -2.38. The molecule has 1 aromatic carbocycles. The van der Waals surface area contributed by atoms with Gasteiger partial charge >= 0.3 is 0 Å². The highest BCUT2D eigenvalue weighted by Crippen LogP contribution is 2.44. The van der Waals surface area contributed by atoms with Gasteiger partial charge in [0, 0.05) is 29.6 Å². The molecule has 9 heteroatoms. The van der Waals surface area contributed by atoms with Gasteiger partial charge in [-0.3, -0.25) is 0 Å². The van der Waals surface area contributed by atoms with Crippen molar-refractivity contribution in [1.82, 2.24) is 14.6 Å². The van der Waals surface area contributed by atoms with Crippen LogP contribution in [-0.4, -0.2) is 15.8 Å². The molecule has 6 rings (SSSR count). The second-order valence-corrected chi connectivity index (χ2v) is 6.44. The molecule has 2 aromatic heterocycles. The third-order valence-corrected chi connectivity index (χ3v) is 4.75. The van der Waals surface area contributed by atoms with Gasteiger partial charge in [-0.2, -0.15) is 4.98 Å². The lowest BCUT2D eigenvalue weighted by atomic mass is 10.1. The number of rotatable bonds is 3. The zero-order valence-electron chi connectivity index (χ0n) is 13.9. The summed E-state index contributed by atoms with van der Waals surface area (Å²) in [4.78, 5) is 9.12. The summed E-state index contributed by atoms with van der Waals surface area (Å²) in [7, 11) is 0. The van der Waals surface area contributed by atoms with E-state index in [1.165, 1.54) is 6.07 Å². The molecule has 0 saturated carbocycles. The Hall–Kier alpha value is -3.23. The Kier molecular flexibility index (Phi) is 3.49. The standard InChI is InChI=1S/C18H12ClFN7/c19-26-15-9-8-13-17(23-25-26)24-27(18(13)22-15,16-7-3-4-10-21-16)11-12-5-1-2-6-14(12)20/h1-10H,11H2/q+1. The van der Waals surface area contributed by atoms with Gasteiger partial charge in [-0.25, -0.2) is 9.37 Å². The van der Waals surface area contributed by atoms with Gasteiger partial charge in [0.05, 0.1) is 0 Å². The monoisotopic (exact) mass is 380 g/mol. The lowest BCUT2D eigenvalue weighted by molar-refractivity contribution is 0.377. The average Bonchev–Trinajstić information content (AvgIpc) is 3.03. The first kappa shape index (κ1) is 16.0. The van der Waals surface area contributed by atoms with Crippen LogP contribution in [0, 0.1) is 5.82 Å². The zero-order chi connectivity index (χ0) is 18.4. The molecule has 27 heavy (non-hydrogen) atoms. The summed E-state index contributed by atoms with van der Waals surface area (Å²) in [6.07, 6.45) is 1.67. The highest BCUT2D eigenvalue weighted by molar-refractivity contribution is 6.25. The number of pyridine rings is 2. The van der Waals surface area contributed by atoms with Gasteiger partial charge in [-0.05, 0) is 34.6 Å². The van der Waals surface area contributed by atoms with Crippen molar-refractivity contribution in [1.29, 1.82) is 0 Å². The third-order valence-electron chi connectivity index (χ3n) is 4.51. The third kappa shape index (κ3) is 2.42. The van der Waals surface area contributed by atoms with Gasteiger partial charge in [0.15, 0.2) is 5.82 Å². The fraction of sp³-hybridized carbons (Fsp3) is 0.0556. The van der Waals surface area contributed by atoms with Crippen LogP contribution >= 0.6 is 11.8 Å². The minimum Gasteiger partial charge on any atom is -0.206 e. The van der Waals surface area contributed by atoms with Gasteiger partial charge in [0.2, 0.25) is 5.84 Å². The minimum atomic E-state index is -0.317. The van der Waals surface area contributed by atoms with Crippen molar-refractivity contribution in [2.45, 2.75) is 6.54 Å². The number of benzene rings is 1. The van der Waals surface area contributed by atoms with Crippen molar-refractivity contribution in [2.75, 3.05) is 4.53 Å². The molecule has 0 radical (unpaired) electrons. The molecular formula is C18H12ClFN7+. The van der Waals surface area contributed by atoms with E-state index in [4.69, 9.17) is 16.9 Å². The van der Waals surface area contributed by atoms with Crippen molar-refractivity contribution in [2.24, 2.45) is 15.4 Å². The van der Waals surface area contributed by atoms with Crippen LogP contribution in [0.5, 0.6) is 0 Å². The zero-order valence-corrected chi connectivity index (χ0v) is 14.6. The van der Waals surface area contributed by atoms with Crippen LogP contribution in [-0.2, 0) is 6.54 Å². The van der Waals surface area contributed by atoms with Gasteiger partial charge < -0.3 is 0 Å². The normalized spacial score (nSPS) is 19.8. The number of aromatic nitrogens is 2. The maximum Gasteiger partial charge on any atom is 0.274 e. The number of nitrogens with zero attached hydrogens (tertiary/aromatic N) is 7. The van der Waals surface area contributed by atoms with Gasteiger partial charge in [-0.1, -0.05) is 28.9 Å². The molecule has 0 spiro atoms. The Balaban J connectivity index is 1.79. The quantitative estimate of drug-likeness (QED) is 0.497. The molecule has 1 unspecified atom stereocenters. The molecule has 132 valence electrons. The number of hydrogen-bond donors (Lipinski definition) is 0. The number of fused-ring (bicyclic) bond motifs is 2. The maximum absolute atomic E-state index is 14.5. The van der Waals surface area contributed by atoms with E-state index in [1.807, 2.05) is 24.3 Å².